The molecule has 1 aliphatic rings. The van der Waals surface area contributed by atoms with Crippen molar-refractivity contribution in [1.29, 1.82) is 0 Å². The molecule has 2 N–H and O–H groups in total. The molecule has 1 heterocycles. The molecule has 1 aromatic carbocycles. The van der Waals surface area contributed by atoms with Gasteiger partial charge in [0.25, 0.3) is 0 Å². The quantitative estimate of drug-likeness (QED) is 0.112. The summed E-state index contributed by atoms with van der Waals surface area (Å²) in [6.45, 7) is 26.5. The van der Waals surface area contributed by atoms with Crippen molar-refractivity contribution in [3.8, 4) is 11.3 Å². The molecule has 0 saturated heterocycles. The van der Waals surface area contributed by atoms with E-state index in [0.29, 0.717) is 12.0 Å². The largest absolute Gasteiger partial charge is 0.282 e. The van der Waals surface area contributed by atoms with E-state index in [1.54, 1.807) is 24.5 Å². The minimum atomic E-state index is 0.582. The minimum absolute atomic E-state index is 0.582. The van der Waals surface area contributed by atoms with Crippen molar-refractivity contribution in [2.24, 2.45) is 5.92 Å². The molecule has 0 bridgehead atoms. The van der Waals surface area contributed by atoms with Gasteiger partial charge in [-0.15, -0.1) is 0 Å². The zero-order valence-corrected chi connectivity index (χ0v) is 30.6. The Hall–Kier alpha value is -1.18. The van der Waals surface area contributed by atoms with Crippen molar-refractivity contribution in [3.63, 3.8) is 0 Å². The number of aromatic nitrogens is 2. The molecule has 7 heteroatoms. The zero-order chi connectivity index (χ0) is 32.1. The number of H-pyrrole nitrogens is 1. The van der Waals surface area contributed by atoms with Crippen LogP contribution in [0.3, 0.4) is 0 Å². The summed E-state index contributed by atoms with van der Waals surface area (Å²) in [5.74, 6) is 1.42. The summed E-state index contributed by atoms with van der Waals surface area (Å²) in [4.78, 5) is 0. The van der Waals surface area contributed by atoms with E-state index in [0.717, 1.165) is 35.3 Å². The molecule has 238 valence electrons. The van der Waals surface area contributed by atoms with Gasteiger partial charge in [0, 0.05) is 53.5 Å². The van der Waals surface area contributed by atoms with Crippen molar-refractivity contribution in [2.75, 3.05) is 19.3 Å². The van der Waals surface area contributed by atoms with Gasteiger partial charge in [-0.3, -0.25) is 9.82 Å². The van der Waals surface area contributed by atoms with E-state index in [4.69, 9.17) is 11.6 Å². The lowest BCUT2D eigenvalue weighted by atomic mass is 9.84. The third-order valence-corrected chi connectivity index (χ3v) is 6.80. The van der Waals surface area contributed by atoms with Gasteiger partial charge in [0.05, 0.1) is 5.69 Å². The standard InChI is InChI=1S/C20H29ClN4S.C5H8.C4H10.2C2H6.CH4S/c1-3-12-22-26-25(4-2)18-10-8-15(9-11-18)19-14-20(24-23-19)16-6-5-7-17(21)13-16;1-3-5-4-2;1-4(2)3;3*1-2/h5-7,13-15,18,22H,3-4,8-12H2,1-2H3,(H,23,24);3-5H,1H2,2H3;4H,1-3H3;2*1-2H3;2H,1H3/b;5-4-;;;;. The van der Waals surface area contributed by atoms with E-state index >= 15 is 0 Å². The van der Waals surface area contributed by atoms with Crippen molar-refractivity contribution in [1.82, 2.24) is 19.2 Å². The van der Waals surface area contributed by atoms with Gasteiger partial charge in [-0.1, -0.05) is 111 Å². The molecule has 1 aliphatic carbocycles. The molecule has 1 aromatic heterocycles. The van der Waals surface area contributed by atoms with Gasteiger partial charge in [-0.05, 0) is 69.4 Å². The maximum atomic E-state index is 6.11. The van der Waals surface area contributed by atoms with Crippen LogP contribution in [0.25, 0.3) is 11.3 Å². The van der Waals surface area contributed by atoms with E-state index < -0.39 is 0 Å². The summed E-state index contributed by atoms with van der Waals surface area (Å²) in [5, 5.41) is 8.54. The Morgan fingerprint density at radius 3 is 2.12 bits per heavy atom. The number of allylic oxidation sites excluding steroid dienone is 3. The molecule has 0 aliphatic heterocycles. The van der Waals surface area contributed by atoms with Crippen LogP contribution in [-0.2, 0) is 0 Å². The Kier molecular flexibility index (Phi) is 34.3. The molecule has 0 atom stereocenters. The van der Waals surface area contributed by atoms with Crippen LogP contribution in [0.1, 0.15) is 113 Å². The van der Waals surface area contributed by atoms with E-state index in [1.165, 1.54) is 37.8 Å². The van der Waals surface area contributed by atoms with Crippen LogP contribution in [0, 0.1) is 5.92 Å². The molecule has 41 heavy (non-hydrogen) atoms. The normalized spacial score (nSPS) is 15.5. The number of aromatic amines is 1. The predicted octanol–water partition coefficient (Wildman–Crippen LogP) is 11.7. The van der Waals surface area contributed by atoms with Gasteiger partial charge in [-0.25, -0.2) is 4.31 Å². The highest BCUT2D eigenvalue weighted by Gasteiger charge is 2.27. The molecule has 1 fully saturated rings. The number of benzene rings is 1. The summed E-state index contributed by atoms with van der Waals surface area (Å²) in [7, 11) is 0. The first kappa shape index (κ1) is 44.3. The monoisotopic (exact) mass is 626 g/mol. The average Bonchev–Trinajstić information content (AvgIpc) is 3.50. The molecule has 0 radical (unpaired) electrons. The number of rotatable bonds is 9. The number of halogens is 1. The summed E-state index contributed by atoms with van der Waals surface area (Å²) in [6.07, 6.45) is 13.4. The molecule has 0 unspecified atom stereocenters. The van der Waals surface area contributed by atoms with Gasteiger partial charge in [0.2, 0.25) is 0 Å². The van der Waals surface area contributed by atoms with Crippen molar-refractivity contribution < 1.29 is 0 Å². The molecule has 2 aromatic rings. The van der Waals surface area contributed by atoms with Crippen LogP contribution >= 0.6 is 36.4 Å². The van der Waals surface area contributed by atoms with E-state index in [2.05, 4.69) is 85.2 Å². The van der Waals surface area contributed by atoms with Crippen molar-refractivity contribution >= 4 is 36.4 Å². The third kappa shape index (κ3) is 22.1. The number of hydrogen-bond donors (Lipinski definition) is 3. The second kappa shape index (κ2) is 31.7. The van der Waals surface area contributed by atoms with E-state index in [-0.39, 0.29) is 0 Å². The first-order chi connectivity index (χ1) is 19.9. The number of nitrogens with zero attached hydrogens (tertiary/aromatic N) is 2. The fourth-order valence-electron chi connectivity index (χ4n) is 3.78. The summed E-state index contributed by atoms with van der Waals surface area (Å²) in [5.41, 5.74) is 3.32. The van der Waals surface area contributed by atoms with Crippen LogP contribution < -0.4 is 4.72 Å². The molecule has 0 spiro atoms. The lowest BCUT2D eigenvalue weighted by molar-refractivity contribution is 0.260. The third-order valence-electron chi connectivity index (χ3n) is 5.44. The Balaban J connectivity index is -0.000000812. The molecule has 0 amide bonds. The molecular weight excluding hydrogens is 564 g/mol. The first-order valence-corrected chi connectivity index (χ1v) is 17.6. The van der Waals surface area contributed by atoms with Crippen LogP contribution in [0.5, 0.6) is 0 Å². The number of hydrogen-bond acceptors (Lipinski definition) is 5. The summed E-state index contributed by atoms with van der Waals surface area (Å²) < 4.78 is 5.98. The van der Waals surface area contributed by atoms with Crippen LogP contribution in [0.4, 0.5) is 0 Å². The van der Waals surface area contributed by atoms with Gasteiger partial charge in [-0.2, -0.15) is 17.7 Å². The lowest BCUT2D eigenvalue weighted by Crippen LogP contribution is -2.35. The lowest BCUT2D eigenvalue weighted by Gasteiger charge is -2.35. The number of nitrogens with one attached hydrogen (secondary N) is 2. The molecule has 3 rings (SSSR count). The summed E-state index contributed by atoms with van der Waals surface area (Å²) in [6, 6.07) is 10.8. The molecule has 1 saturated carbocycles. The van der Waals surface area contributed by atoms with Crippen molar-refractivity contribution in [3.05, 3.63) is 65.9 Å². The highest BCUT2D eigenvalue weighted by Crippen LogP contribution is 2.36. The Bertz CT molecular complexity index is 844. The summed E-state index contributed by atoms with van der Waals surface area (Å²) >= 11 is 11.4. The van der Waals surface area contributed by atoms with Gasteiger partial charge >= 0.3 is 0 Å². The van der Waals surface area contributed by atoms with Crippen LogP contribution in [0.15, 0.2) is 55.1 Å². The van der Waals surface area contributed by atoms with Crippen LogP contribution in [0.2, 0.25) is 5.02 Å². The Labute approximate surface area is 270 Å². The average molecular weight is 627 g/mol. The second-order valence-electron chi connectivity index (χ2n) is 9.44. The second-order valence-corrected chi connectivity index (χ2v) is 10.8. The highest BCUT2D eigenvalue weighted by molar-refractivity contribution is 7.95. The van der Waals surface area contributed by atoms with Gasteiger partial charge in [0.1, 0.15) is 0 Å². The maximum Gasteiger partial charge on any atom is 0.0924 e. The molecular formula is C34H63ClN4S2. The topological polar surface area (TPSA) is 44.0 Å². The first-order valence-electron chi connectivity index (χ1n) is 15.5. The smallest absolute Gasteiger partial charge is 0.0924 e. The van der Waals surface area contributed by atoms with Crippen LogP contribution in [-0.4, -0.2) is 39.9 Å². The van der Waals surface area contributed by atoms with Gasteiger partial charge < -0.3 is 0 Å². The van der Waals surface area contributed by atoms with Crippen molar-refractivity contribution in [2.45, 2.75) is 113 Å². The predicted molar refractivity (Wildman–Crippen MR) is 195 cm³/mol. The van der Waals surface area contributed by atoms with Gasteiger partial charge in [0.15, 0.2) is 0 Å². The fourth-order valence-corrected chi connectivity index (χ4v) is 4.92. The minimum Gasteiger partial charge on any atom is -0.282 e. The Morgan fingerprint density at radius 2 is 1.68 bits per heavy atom. The SMILES string of the molecule is C=C/C=C\C.CC.CC.CC(C)C.CCCNSN(CC)C1CCC(c2cc(-c3cccc(Cl)c3)n[nH]2)CC1.CS. The van der Waals surface area contributed by atoms with E-state index in [1.807, 2.05) is 65.0 Å². The fraction of sp³-hybridized carbons (Fsp3) is 0.618. The van der Waals surface area contributed by atoms with E-state index in [9.17, 15) is 0 Å². The Morgan fingerprint density at radius 1 is 1.10 bits per heavy atom. The highest BCUT2D eigenvalue weighted by atomic mass is 35.5. The maximum absolute atomic E-state index is 6.11. The molecule has 4 nitrogen and oxygen atoms in total. The number of thiol groups is 1. The zero-order valence-electron chi connectivity index (χ0n) is 28.1.